The van der Waals surface area contributed by atoms with Gasteiger partial charge >= 0.3 is 0 Å². The summed E-state index contributed by atoms with van der Waals surface area (Å²) in [6.45, 7) is 6.42. The van der Waals surface area contributed by atoms with E-state index in [1.54, 1.807) is 12.2 Å². The Morgan fingerprint density at radius 3 is 2.84 bits per heavy atom. The summed E-state index contributed by atoms with van der Waals surface area (Å²) in [6, 6.07) is 0. The first kappa shape index (κ1) is 17.2. The van der Waals surface area contributed by atoms with Gasteiger partial charge in [-0.1, -0.05) is 38.0 Å². The van der Waals surface area contributed by atoms with E-state index in [9.17, 15) is 15.0 Å². The van der Waals surface area contributed by atoms with Gasteiger partial charge in [0.2, 0.25) is 0 Å². The van der Waals surface area contributed by atoms with Crippen LogP contribution in [0.5, 0.6) is 0 Å². The van der Waals surface area contributed by atoms with Crippen molar-refractivity contribution in [1.82, 2.24) is 0 Å². The van der Waals surface area contributed by atoms with Crippen molar-refractivity contribution in [3.05, 3.63) is 35.5 Å². The second-order valence-corrected chi connectivity index (χ2v) is 9.01. The third-order valence-corrected chi connectivity index (χ3v) is 7.84. The van der Waals surface area contributed by atoms with E-state index in [4.69, 9.17) is 0 Å². The lowest BCUT2D eigenvalue weighted by Gasteiger charge is -2.56. The normalized spacial score (nSPS) is 48.4. The van der Waals surface area contributed by atoms with E-state index < -0.39 is 11.7 Å². The molecule has 7 atom stereocenters. The first-order valence-corrected chi connectivity index (χ1v) is 9.84. The summed E-state index contributed by atoms with van der Waals surface area (Å²) < 4.78 is 0. The van der Waals surface area contributed by atoms with E-state index in [2.05, 4.69) is 26.8 Å². The fourth-order valence-corrected chi connectivity index (χ4v) is 6.62. The predicted octanol–water partition coefficient (Wildman–Crippen LogP) is 3.57. The zero-order valence-electron chi connectivity index (χ0n) is 15.5. The lowest BCUT2D eigenvalue weighted by molar-refractivity contribution is -0.145. The number of hydrogen-bond acceptors (Lipinski definition) is 3. The van der Waals surface area contributed by atoms with Gasteiger partial charge in [0.15, 0.2) is 5.78 Å². The van der Waals surface area contributed by atoms with Crippen LogP contribution in [0.4, 0.5) is 0 Å². The van der Waals surface area contributed by atoms with Gasteiger partial charge in [0.05, 0.1) is 11.7 Å². The first-order chi connectivity index (χ1) is 11.8. The molecule has 0 amide bonds. The van der Waals surface area contributed by atoms with Gasteiger partial charge in [0, 0.05) is 17.3 Å². The van der Waals surface area contributed by atoms with Crippen LogP contribution in [0.15, 0.2) is 35.5 Å². The van der Waals surface area contributed by atoms with Gasteiger partial charge in [0.25, 0.3) is 0 Å². The highest BCUT2D eigenvalue weighted by molar-refractivity contribution is 6.01. The topological polar surface area (TPSA) is 57.5 Å². The van der Waals surface area contributed by atoms with Gasteiger partial charge in [-0.25, -0.2) is 0 Å². The van der Waals surface area contributed by atoms with Crippen LogP contribution in [0.1, 0.15) is 52.9 Å². The average molecular weight is 342 g/mol. The van der Waals surface area contributed by atoms with Crippen molar-refractivity contribution in [2.24, 2.45) is 29.1 Å². The van der Waals surface area contributed by atoms with Crippen molar-refractivity contribution >= 4 is 5.78 Å². The van der Waals surface area contributed by atoms with Crippen molar-refractivity contribution < 1.29 is 15.0 Å². The molecule has 0 aliphatic heterocycles. The van der Waals surface area contributed by atoms with Crippen LogP contribution in [-0.4, -0.2) is 27.7 Å². The van der Waals surface area contributed by atoms with Gasteiger partial charge in [-0.2, -0.15) is 0 Å². The van der Waals surface area contributed by atoms with Gasteiger partial charge in [0.1, 0.15) is 0 Å². The van der Waals surface area contributed by atoms with Gasteiger partial charge in [-0.3, -0.25) is 4.79 Å². The van der Waals surface area contributed by atoms with Crippen molar-refractivity contribution in [1.29, 1.82) is 0 Å². The molecule has 2 saturated carbocycles. The summed E-state index contributed by atoms with van der Waals surface area (Å²) >= 11 is 0. The largest absolute Gasteiger partial charge is 0.393 e. The molecule has 4 aliphatic carbocycles. The Morgan fingerprint density at radius 1 is 1.36 bits per heavy atom. The number of allylic oxidation sites excluding steroid dienone is 6. The minimum Gasteiger partial charge on any atom is -0.393 e. The molecule has 7 unspecified atom stereocenters. The molecule has 2 fully saturated rings. The molecule has 136 valence electrons. The highest BCUT2D eigenvalue weighted by Gasteiger charge is 2.63. The number of fused-ring (bicyclic) bond motifs is 5. The smallest absolute Gasteiger partial charge is 0.178 e. The number of ketones is 1. The molecule has 0 heterocycles. The molecule has 2 N–H and O–H groups in total. The maximum Gasteiger partial charge on any atom is 0.178 e. The molecule has 0 aromatic carbocycles. The molecule has 0 aromatic heterocycles. The standard InChI is InChI=1S/C22H30O3/c1-4-8-22(25)9-7-18-17-10-13(2)16-11-14(23)5-6-15(16)20(17)19(24)12-21(18,22)3/h5-6,10-11,15,17-20,24-25H,4,7-9,12H2,1-3H3. The third kappa shape index (κ3) is 2.28. The molecule has 0 saturated heterocycles. The molecule has 0 bridgehead atoms. The number of aliphatic hydroxyl groups excluding tert-OH is 1. The third-order valence-electron chi connectivity index (χ3n) is 7.84. The monoisotopic (exact) mass is 342 g/mol. The maximum atomic E-state index is 11.8. The molecule has 4 aliphatic rings. The van der Waals surface area contributed by atoms with Crippen molar-refractivity contribution in [2.45, 2.75) is 64.6 Å². The summed E-state index contributed by atoms with van der Waals surface area (Å²) in [5, 5.41) is 22.5. The molecule has 25 heavy (non-hydrogen) atoms. The molecule has 4 rings (SSSR count). The average Bonchev–Trinajstić information content (AvgIpc) is 2.79. The Hall–Kier alpha value is -1.19. The molecule has 0 radical (unpaired) electrons. The number of hydrogen-bond donors (Lipinski definition) is 2. The number of rotatable bonds is 2. The number of carbonyl (C=O) groups excluding carboxylic acids is 1. The fraction of sp³-hybridized carbons (Fsp3) is 0.682. The second kappa shape index (κ2) is 5.65. The predicted molar refractivity (Wildman–Crippen MR) is 97.8 cm³/mol. The molecule has 0 aromatic rings. The van der Waals surface area contributed by atoms with Crippen molar-refractivity contribution in [3.8, 4) is 0 Å². The molecule has 3 nitrogen and oxygen atoms in total. The lowest BCUT2D eigenvalue weighted by Crippen LogP contribution is -2.56. The number of aliphatic hydroxyl groups is 2. The highest BCUT2D eigenvalue weighted by Crippen LogP contribution is 2.64. The second-order valence-electron chi connectivity index (χ2n) is 9.01. The lowest BCUT2D eigenvalue weighted by atomic mass is 9.50. The molecule has 3 heteroatoms. The summed E-state index contributed by atoms with van der Waals surface area (Å²) in [5.74, 6) is 0.985. The molecular weight excluding hydrogens is 312 g/mol. The quantitative estimate of drug-likeness (QED) is 0.806. The van der Waals surface area contributed by atoms with Gasteiger partial charge in [-0.05, 0) is 62.2 Å². The minimum absolute atomic E-state index is 0.0470. The van der Waals surface area contributed by atoms with E-state index in [1.165, 1.54) is 5.57 Å². The van der Waals surface area contributed by atoms with Gasteiger partial charge in [-0.15, -0.1) is 0 Å². The Labute approximate surface area is 150 Å². The molecular formula is C22H30O3. The van der Waals surface area contributed by atoms with Crippen LogP contribution in [0.25, 0.3) is 0 Å². The van der Waals surface area contributed by atoms with Crippen LogP contribution in [0, 0.1) is 29.1 Å². The SMILES string of the molecule is CCCC1(O)CCC2C3C=C(C)C4=CC(=O)C=CC4C3C(O)CC21C. The zero-order chi connectivity index (χ0) is 18.0. The van der Waals surface area contributed by atoms with E-state index in [-0.39, 0.29) is 29.0 Å². The highest BCUT2D eigenvalue weighted by atomic mass is 16.3. The maximum absolute atomic E-state index is 11.8. The first-order valence-electron chi connectivity index (χ1n) is 9.84. The Balaban J connectivity index is 1.77. The summed E-state index contributed by atoms with van der Waals surface area (Å²) in [7, 11) is 0. The number of carbonyl (C=O) groups is 1. The summed E-state index contributed by atoms with van der Waals surface area (Å²) in [4.78, 5) is 11.8. The van der Waals surface area contributed by atoms with Gasteiger partial charge < -0.3 is 10.2 Å². The van der Waals surface area contributed by atoms with Crippen LogP contribution >= 0.6 is 0 Å². The van der Waals surface area contributed by atoms with E-state index in [1.807, 2.05) is 6.08 Å². The Bertz CT molecular complexity index is 687. The Morgan fingerprint density at radius 2 is 2.12 bits per heavy atom. The minimum atomic E-state index is -0.658. The fourth-order valence-electron chi connectivity index (χ4n) is 6.62. The van der Waals surface area contributed by atoms with Crippen LogP contribution < -0.4 is 0 Å². The Kier molecular flexibility index (Phi) is 3.90. The van der Waals surface area contributed by atoms with Crippen LogP contribution in [0.2, 0.25) is 0 Å². The van der Waals surface area contributed by atoms with Crippen LogP contribution in [-0.2, 0) is 4.79 Å². The van der Waals surface area contributed by atoms with Crippen molar-refractivity contribution in [2.75, 3.05) is 0 Å². The van der Waals surface area contributed by atoms with Crippen LogP contribution in [0.3, 0.4) is 0 Å². The molecule has 0 spiro atoms. The summed E-state index contributed by atoms with van der Waals surface area (Å²) in [5.41, 5.74) is 1.37. The van der Waals surface area contributed by atoms with E-state index in [0.29, 0.717) is 12.3 Å². The van der Waals surface area contributed by atoms with E-state index >= 15 is 0 Å². The van der Waals surface area contributed by atoms with E-state index in [0.717, 1.165) is 31.3 Å². The van der Waals surface area contributed by atoms with Crippen molar-refractivity contribution in [3.63, 3.8) is 0 Å². The summed E-state index contributed by atoms with van der Waals surface area (Å²) in [6.07, 6.45) is 11.6. The zero-order valence-corrected chi connectivity index (χ0v) is 15.5.